The van der Waals surface area contributed by atoms with Crippen molar-refractivity contribution in [2.45, 2.75) is 32.4 Å². The Morgan fingerprint density at radius 3 is 2.52 bits per heavy atom. The number of carbonyl (C=O) groups excluding carboxylic acids is 1. The lowest BCUT2D eigenvalue weighted by Gasteiger charge is -2.32. The second kappa shape index (κ2) is 7.14. The average Bonchev–Trinajstić information content (AvgIpc) is 3.01. The van der Waals surface area contributed by atoms with Gasteiger partial charge in [0.25, 0.3) is 0 Å². The molecule has 0 saturated carbocycles. The molecule has 4 rings (SSSR count). The molecule has 2 aromatic carbocycles. The Balaban J connectivity index is 1.50. The van der Waals surface area contributed by atoms with Gasteiger partial charge in [-0.3, -0.25) is 4.79 Å². The zero-order valence-electron chi connectivity index (χ0n) is 16.2. The van der Waals surface area contributed by atoms with Crippen LogP contribution >= 0.6 is 0 Å². The summed E-state index contributed by atoms with van der Waals surface area (Å²) in [7, 11) is 3.29. The molecule has 5 nitrogen and oxygen atoms in total. The highest BCUT2D eigenvalue weighted by Gasteiger charge is 2.30. The fraction of sp³-hybridized carbons (Fsp3) is 0.409. The van der Waals surface area contributed by atoms with Crippen LogP contribution in [0.25, 0.3) is 0 Å². The highest BCUT2D eigenvalue weighted by atomic mass is 16.5. The minimum atomic E-state index is 0.180. The number of para-hydroxylation sites is 1. The van der Waals surface area contributed by atoms with Gasteiger partial charge in [0.15, 0.2) is 11.5 Å². The van der Waals surface area contributed by atoms with Crippen molar-refractivity contribution in [2.75, 3.05) is 32.2 Å². The highest BCUT2D eigenvalue weighted by molar-refractivity contribution is 5.83. The molecule has 0 spiro atoms. The van der Waals surface area contributed by atoms with E-state index < -0.39 is 0 Å². The summed E-state index contributed by atoms with van der Waals surface area (Å²) in [6, 6.07) is 12.8. The quantitative estimate of drug-likeness (QED) is 0.834. The summed E-state index contributed by atoms with van der Waals surface area (Å²) in [4.78, 5) is 17.2. The van der Waals surface area contributed by atoms with Gasteiger partial charge in [-0.25, -0.2) is 0 Å². The molecule has 2 heterocycles. The molecule has 1 atom stereocenters. The summed E-state index contributed by atoms with van der Waals surface area (Å²) in [6.07, 6.45) is 1.84. The maximum Gasteiger partial charge on any atom is 0.242 e. The largest absolute Gasteiger partial charge is 0.493 e. The number of hydrogen-bond donors (Lipinski definition) is 0. The first-order valence-corrected chi connectivity index (χ1v) is 9.46. The van der Waals surface area contributed by atoms with Crippen LogP contribution in [-0.2, 0) is 24.2 Å². The molecule has 0 N–H and O–H groups in total. The van der Waals surface area contributed by atoms with Crippen LogP contribution in [0.2, 0.25) is 0 Å². The summed E-state index contributed by atoms with van der Waals surface area (Å²) in [5.41, 5.74) is 4.90. The first kappa shape index (κ1) is 17.7. The molecule has 0 unspecified atom stereocenters. The van der Waals surface area contributed by atoms with Crippen molar-refractivity contribution in [3.05, 3.63) is 53.1 Å². The fourth-order valence-electron chi connectivity index (χ4n) is 4.21. The van der Waals surface area contributed by atoms with E-state index in [-0.39, 0.29) is 5.91 Å². The van der Waals surface area contributed by atoms with Gasteiger partial charge in [-0.05, 0) is 54.7 Å². The van der Waals surface area contributed by atoms with Crippen molar-refractivity contribution in [3.8, 4) is 11.5 Å². The highest BCUT2D eigenvalue weighted by Crippen LogP contribution is 2.34. The Bertz CT molecular complexity index is 865. The zero-order chi connectivity index (χ0) is 19.0. The SMILES string of the molecule is COc1cc2c(cc1OC)CN(C(=O)CN1c3ccccc3C[C@H]1C)CC2. The number of amides is 1. The Labute approximate surface area is 160 Å². The minimum Gasteiger partial charge on any atom is -0.493 e. The summed E-state index contributed by atoms with van der Waals surface area (Å²) in [6.45, 7) is 3.99. The lowest BCUT2D eigenvalue weighted by Crippen LogP contribution is -2.44. The third-order valence-corrected chi connectivity index (χ3v) is 5.72. The Morgan fingerprint density at radius 1 is 1.07 bits per heavy atom. The van der Waals surface area contributed by atoms with Crippen LogP contribution in [-0.4, -0.2) is 44.2 Å². The van der Waals surface area contributed by atoms with Crippen molar-refractivity contribution < 1.29 is 14.3 Å². The molecule has 5 heteroatoms. The zero-order valence-corrected chi connectivity index (χ0v) is 16.2. The topological polar surface area (TPSA) is 42.0 Å². The average molecular weight is 366 g/mol. The smallest absolute Gasteiger partial charge is 0.242 e. The molecular formula is C22H26N2O3. The fourth-order valence-corrected chi connectivity index (χ4v) is 4.21. The van der Waals surface area contributed by atoms with Gasteiger partial charge in [0.1, 0.15) is 0 Å². The molecule has 1 amide bonds. The molecule has 2 aliphatic rings. The normalized spacial score (nSPS) is 18.1. The third-order valence-electron chi connectivity index (χ3n) is 5.72. The van der Waals surface area contributed by atoms with Crippen LogP contribution < -0.4 is 14.4 Å². The maximum atomic E-state index is 13.0. The van der Waals surface area contributed by atoms with E-state index in [9.17, 15) is 4.79 Å². The van der Waals surface area contributed by atoms with Crippen molar-refractivity contribution in [2.24, 2.45) is 0 Å². The van der Waals surface area contributed by atoms with Crippen LogP contribution in [0.1, 0.15) is 23.6 Å². The van der Waals surface area contributed by atoms with E-state index >= 15 is 0 Å². The Morgan fingerprint density at radius 2 is 1.78 bits per heavy atom. The predicted octanol–water partition coefficient (Wildman–Crippen LogP) is 3.04. The van der Waals surface area contributed by atoms with Gasteiger partial charge < -0.3 is 19.3 Å². The summed E-state index contributed by atoms with van der Waals surface area (Å²) >= 11 is 0. The van der Waals surface area contributed by atoms with E-state index in [1.807, 2.05) is 23.1 Å². The van der Waals surface area contributed by atoms with Crippen molar-refractivity contribution in [3.63, 3.8) is 0 Å². The molecule has 142 valence electrons. The Kier molecular flexibility index (Phi) is 4.68. The number of nitrogens with zero attached hydrogens (tertiary/aromatic N) is 2. The molecule has 0 aliphatic carbocycles. The van der Waals surface area contributed by atoms with Gasteiger partial charge in [0, 0.05) is 24.8 Å². The van der Waals surface area contributed by atoms with Gasteiger partial charge in [-0.2, -0.15) is 0 Å². The summed E-state index contributed by atoms with van der Waals surface area (Å²) in [5.74, 6) is 1.64. The van der Waals surface area contributed by atoms with Crippen molar-refractivity contribution >= 4 is 11.6 Å². The van der Waals surface area contributed by atoms with E-state index in [0.717, 1.165) is 30.7 Å². The van der Waals surface area contributed by atoms with E-state index in [1.165, 1.54) is 16.8 Å². The third kappa shape index (κ3) is 3.22. The first-order valence-electron chi connectivity index (χ1n) is 9.46. The Hall–Kier alpha value is -2.69. The van der Waals surface area contributed by atoms with E-state index in [1.54, 1.807) is 14.2 Å². The van der Waals surface area contributed by atoms with Crippen LogP contribution in [0.3, 0.4) is 0 Å². The van der Waals surface area contributed by atoms with Gasteiger partial charge in [0.2, 0.25) is 5.91 Å². The second-order valence-electron chi connectivity index (χ2n) is 7.35. The molecule has 0 fully saturated rings. The lowest BCUT2D eigenvalue weighted by molar-refractivity contribution is -0.130. The van der Waals surface area contributed by atoms with E-state index in [0.29, 0.717) is 24.9 Å². The van der Waals surface area contributed by atoms with E-state index in [4.69, 9.17) is 9.47 Å². The molecule has 2 aromatic rings. The molecule has 0 aromatic heterocycles. The molecule has 0 radical (unpaired) electrons. The monoisotopic (exact) mass is 366 g/mol. The molecule has 2 aliphatic heterocycles. The number of carbonyl (C=O) groups is 1. The number of ether oxygens (including phenoxy) is 2. The number of fused-ring (bicyclic) bond motifs is 2. The first-order chi connectivity index (χ1) is 13.1. The van der Waals surface area contributed by atoms with Gasteiger partial charge in [0.05, 0.1) is 20.8 Å². The number of anilines is 1. The second-order valence-corrected chi connectivity index (χ2v) is 7.35. The lowest BCUT2D eigenvalue weighted by atomic mass is 9.98. The van der Waals surface area contributed by atoms with Crippen molar-refractivity contribution in [1.29, 1.82) is 0 Å². The number of benzene rings is 2. The molecule has 0 bridgehead atoms. The van der Waals surface area contributed by atoms with Crippen LogP contribution in [0.15, 0.2) is 36.4 Å². The standard InChI is InChI=1S/C22H26N2O3/c1-15-10-17-6-4-5-7-19(17)24(15)14-22(25)23-9-8-16-11-20(26-2)21(27-3)12-18(16)13-23/h4-7,11-12,15H,8-10,13-14H2,1-3H3/t15-/m1/s1. The molecule has 0 saturated heterocycles. The summed E-state index contributed by atoms with van der Waals surface area (Å²) < 4.78 is 10.8. The number of methoxy groups -OCH3 is 2. The van der Waals surface area contributed by atoms with Crippen LogP contribution in [0.5, 0.6) is 11.5 Å². The molecule has 27 heavy (non-hydrogen) atoms. The predicted molar refractivity (Wildman–Crippen MR) is 106 cm³/mol. The van der Waals surface area contributed by atoms with Gasteiger partial charge in [-0.1, -0.05) is 18.2 Å². The van der Waals surface area contributed by atoms with E-state index in [2.05, 4.69) is 30.0 Å². The van der Waals surface area contributed by atoms with Crippen LogP contribution in [0.4, 0.5) is 5.69 Å². The summed E-state index contributed by atoms with van der Waals surface area (Å²) in [5, 5.41) is 0. The number of hydrogen-bond acceptors (Lipinski definition) is 4. The van der Waals surface area contributed by atoms with Crippen LogP contribution in [0, 0.1) is 0 Å². The minimum absolute atomic E-state index is 0.180. The number of rotatable bonds is 4. The maximum absolute atomic E-state index is 13.0. The van der Waals surface area contributed by atoms with Gasteiger partial charge >= 0.3 is 0 Å². The van der Waals surface area contributed by atoms with Crippen molar-refractivity contribution in [1.82, 2.24) is 4.90 Å². The van der Waals surface area contributed by atoms with Gasteiger partial charge in [-0.15, -0.1) is 0 Å². The molecular weight excluding hydrogens is 340 g/mol.